The molecule has 0 saturated carbocycles. The van der Waals surface area contributed by atoms with Gasteiger partial charge in [0.1, 0.15) is 34.4 Å². The van der Waals surface area contributed by atoms with Crippen molar-refractivity contribution in [3.63, 3.8) is 0 Å². The van der Waals surface area contributed by atoms with Crippen molar-refractivity contribution in [3.8, 4) is 11.5 Å². The lowest BCUT2D eigenvalue weighted by molar-refractivity contribution is 0.0958. The fourth-order valence-electron chi connectivity index (χ4n) is 2.96. The predicted molar refractivity (Wildman–Crippen MR) is 107 cm³/mol. The molecule has 0 bridgehead atoms. The van der Waals surface area contributed by atoms with Gasteiger partial charge in [-0.2, -0.15) is 4.98 Å². The van der Waals surface area contributed by atoms with E-state index in [2.05, 4.69) is 20.6 Å². The molecule has 1 amide bonds. The number of nitrogens with zero attached hydrogens (tertiary/aromatic N) is 2. The molecule has 3 aromatic rings. The molecule has 0 spiro atoms. The summed E-state index contributed by atoms with van der Waals surface area (Å²) in [6.45, 7) is 0.172. The van der Waals surface area contributed by atoms with E-state index >= 15 is 0 Å². The van der Waals surface area contributed by atoms with Gasteiger partial charge >= 0.3 is 0 Å². The third-order valence-electron chi connectivity index (χ3n) is 4.53. The molecule has 2 aromatic heterocycles. The van der Waals surface area contributed by atoms with Crippen LogP contribution >= 0.6 is 0 Å². The van der Waals surface area contributed by atoms with Crippen LogP contribution < -0.4 is 15.4 Å². The van der Waals surface area contributed by atoms with E-state index in [9.17, 15) is 13.6 Å². The highest BCUT2D eigenvalue weighted by atomic mass is 19.1. The Morgan fingerprint density at radius 1 is 1.20 bits per heavy atom. The van der Waals surface area contributed by atoms with Crippen molar-refractivity contribution in [1.82, 2.24) is 15.3 Å². The lowest BCUT2D eigenvalue weighted by Crippen LogP contribution is -2.18. The Morgan fingerprint density at radius 2 is 2.03 bits per heavy atom. The SMILES string of the molecule is CNC(=O)c1cc(Oc2ccc3nc(NCC4=C(F)C=C(F)CC4)oc3c2)ccn1. The molecule has 2 N–H and O–H groups in total. The van der Waals surface area contributed by atoms with E-state index in [0.717, 1.165) is 6.08 Å². The van der Waals surface area contributed by atoms with Crippen LogP contribution in [0, 0.1) is 0 Å². The second-order valence-electron chi connectivity index (χ2n) is 6.60. The van der Waals surface area contributed by atoms with Crippen LogP contribution in [0.25, 0.3) is 11.1 Å². The van der Waals surface area contributed by atoms with Crippen LogP contribution in [0.3, 0.4) is 0 Å². The highest BCUT2D eigenvalue weighted by Crippen LogP contribution is 2.29. The first-order valence-electron chi connectivity index (χ1n) is 9.26. The molecule has 1 aliphatic carbocycles. The van der Waals surface area contributed by atoms with Crippen LogP contribution in [0.5, 0.6) is 11.5 Å². The smallest absolute Gasteiger partial charge is 0.295 e. The number of oxazole rings is 1. The van der Waals surface area contributed by atoms with E-state index in [0.29, 0.717) is 34.6 Å². The topological polar surface area (TPSA) is 89.3 Å². The van der Waals surface area contributed by atoms with E-state index in [1.54, 1.807) is 24.3 Å². The van der Waals surface area contributed by atoms with Crippen molar-refractivity contribution < 1.29 is 22.7 Å². The van der Waals surface area contributed by atoms with E-state index in [1.807, 2.05) is 0 Å². The summed E-state index contributed by atoms with van der Waals surface area (Å²) in [4.78, 5) is 20.0. The number of fused-ring (bicyclic) bond motifs is 1. The quantitative estimate of drug-likeness (QED) is 0.612. The third kappa shape index (κ3) is 4.29. The van der Waals surface area contributed by atoms with Crippen molar-refractivity contribution in [3.05, 3.63) is 65.5 Å². The normalized spacial score (nSPS) is 13.9. The summed E-state index contributed by atoms with van der Waals surface area (Å²) in [7, 11) is 1.52. The molecular weight excluding hydrogens is 394 g/mol. The summed E-state index contributed by atoms with van der Waals surface area (Å²) in [6.07, 6.45) is 2.89. The monoisotopic (exact) mass is 412 g/mol. The van der Waals surface area contributed by atoms with Gasteiger partial charge in [-0.1, -0.05) is 0 Å². The Kier molecular flexibility index (Phi) is 5.42. The molecule has 9 heteroatoms. The largest absolute Gasteiger partial charge is 0.457 e. The number of carbonyl (C=O) groups excluding carboxylic acids is 1. The summed E-state index contributed by atoms with van der Waals surface area (Å²) in [6, 6.07) is 8.48. The van der Waals surface area contributed by atoms with Gasteiger partial charge in [-0.25, -0.2) is 8.78 Å². The molecule has 2 heterocycles. The van der Waals surface area contributed by atoms with E-state index < -0.39 is 11.7 Å². The second-order valence-corrected chi connectivity index (χ2v) is 6.60. The minimum atomic E-state index is -0.563. The lowest BCUT2D eigenvalue weighted by atomic mass is 10.0. The number of pyridine rings is 1. The maximum absolute atomic E-state index is 13.8. The standard InChI is InChI=1S/C21H18F2N4O3/c1-24-20(28)18-9-15(6-7-25-18)29-14-4-5-17-19(10-14)30-21(27-17)26-11-12-2-3-13(22)8-16(12)23/h4-10H,2-3,11H2,1H3,(H,24,28)(H,26,27). The summed E-state index contributed by atoms with van der Waals surface area (Å²) in [5, 5.41) is 5.43. The van der Waals surface area contributed by atoms with Gasteiger partial charge in [0, 0.05) is 44.4 Å². The molecular formula is C21H18F2N4O3. The minimum absolute atomic E-state index is 0.172. The van der Waals surface area contributed by atoms with Crippen molar-refractivity contribution in [2.24, 2.45) is 0 Å². The van der Waals surface area contributed by atoms with Crippen LogP contribution in [-0.2, 0) is 0 Å². The molecule has 0 saturated heterocycles. The van der Waals surface area contributed by atoms with Gasteiger partial charge in [-0.15, -0.1) is 0 Å². The van der Waals surface area contributed by atoms with Gasteiger partial charge in [0.05, 0.1) is 0 Å². The third-order valence-corrected chi connectivity index (χ3v) is 4.53. The molecule has 1 aromatic carbocycles. The number of carbonyl (C=O) groups is 1. The first-order chi connectivity index (χ1) is 14.5. The maximum Gasteiger partial charge on any atom is 0.295 e. The number of ether oxygens (including phenoxy) is 1. The van der Waals surface area contributed by atoms with Crippen molar-refractivity contribution in [1.29, 1.82) is 0 Å². The van der Waals surface area contributed by atoms with Crippen molar-refractivity contribution in [2.45, 2.75) is 12.8 Å². The number of hydrogen-bond donors (Lipinski definition) is 2. The van der Waals surface area contributed by atoms with Gasteiger partial charge in [0.25, 0.3) is 11.9 Å². The Labute approximate surface area is 170 Å². The first-order valence-corrected chi connectivity index (χ1v) is 9.26. The van der Waals surface area contributed by atoms with Crippen molar-refractivity contribution >= 4 is 23.0 Å². The van der Waals surface area contributed by atoms with Gasteiger partial charge in [0.2, 0.25) is 0 Å². The summed E-state index contributed by atoms with van der Waals surface area (Å²) in [5.41, 5.74) is 1.77. The fourth-order valence-corrected chi connectivity index (χ4v) is 2.96. The molecule has 7 nitrogen and oxygen atoms in total. The van der Waals surface area contributed by atoms with Gasteiger partial charge in [0.15, 0.2) is 5.58 Å². The number of hydrogen-bond acceptors (Lipinski definition) is 6. The van der Waals surface area contributed by atoms with Crippen molar-refractivity contribution in [2.75, 3.05) is 18.9 Å². The Bertz CT molecular complexity index is 1170. The minimum Gasteiger partial charge on any atom is -0.457 e. The van der Waals surface area contributed by atoms with Crippen LogP contribution in [0.1, 0.15) is 23.3 Å². The number of rotatable bonds is 6. The highest BCUT2D eigenvalue weighted by Gasteiger charge is 2.15. The molecule has 0 aliphatic heterocycles. The molecule has 4 rings (SSSR count). The second kappa shape index (κ2) is 8.32. The van der Waals surface area contributed by atoms with Crippen LogP contribution in [0.15, 0.2) is 64.2 Å². The number of benzene rings is 1. The molecule has 30 heavy (non-hydrogen) atoms. The van der Waals surface area contributed by atoms with Gasteiger partial charge in [-0.3, -0.25) is 9.78 Å². The van der Waals surface area contributed by atoms with Crippen LogP contribution in [-0.4, -0.2) is 29.5 Å². The molecule has 1 aliphatic rings. The van der Waals surface area contributed by atoms with Gasteiger partial charge < -0.3 is 19.8 Å². The molecule has 0 radical (unpaired) electrons. The zero-order chi connectivity index (χ0) is 21.1. The first kappa shape index (κ1) is 19.6. The van der Waals surface area contributed by atoms with E-state index in [1.165, 1.54) is 19.3 Å². The summed E-state index contributed by atoms with van der Waals surface area (Å²) in [5.74, 6) is -0.403. The number of allylic oxidation sites excluding steroid dienone is 3. The highest BCUT2D eigenvalue weighted by molar-refractivity contribution is 5.92. The Balaban J connectivity index is 1.48. The van der Waals surface area contributed by atoms with Crippen LogP contribution in [0.2, 0.25) is 0 Å². The van der Waals surface area contributed by atoms with E-state index in [4.69, 9.17) is 9.15 Å². The summed E-state index contributed by atoms with van der Waals surface area (Å²) < 4.78 is 38.3. The number of anilines is 1. The average Bonchev–Trinajstić information content (AvgIpc) is 3.15. The molecule has 0 atom stereocenters. The molecule has 0 unspecified atom stereocenters. The summed E-state index contributed by atoms with van der Waals surface area (Å²) >= 11 is 0. The zero-order valence-electron chi connectivity index (χ0n) is 16.0. The number of halogens is 2. The zero-order valence-corrected chi connectivity index (χ0v) is 16.0. The fraction of sp³-hybridized carbons (Fsp3) is 0.190. The number of aromatic nitrogens is 2. The number of nitrogens with one attached hydrogen (secondary N) is 2. The molecule has 0 fully saturated rings. The van der Waals surface area contributed by atoms with Crippen LogP contribution in [0.4, 0.5) is 14.8 Å². The average molecular weight is 412 g/mol. The van der Waals surface area contributed by atoms with Gasteiger partial charge in [-0.05, 0) is 30.2 Å². The Hall–Kier alpha value is -3.75. The Morgan fingerprint density at radius 3 is 2.83 bits per heavy atom. The number of amides is 1. The van der Waals surface area contributed by atoms with E-state index in [-0.39, 0.29) is 30.6 Å². The maximum atomic E-state index is 13.8. The predicted octanol–water partition coefficient (Wildman–Crippen LogP) is 4.66. The molecule has 154 valence electrons. The lowest BCUT2D eigenvalue weighted by Gasteiger charge is -2.11.